The van der Waals surface area contributed by atoms with E-state index < -0.39 is 0 Å². The molecule has 2 fully saturated rings. The molecule has 5 nitrogen and oxygen atoms in total. The Morgan fingerprint density at radius 3 is 2.69 bits per heavy atom. The first-order valence-corrected chi connectivity index (χ1v) is 10.1. The van der Waals surface area contributed by atoms with Gasteiger partial charge in [-0.05, 0) is 55.8 Å². The lowest BCUT2D eigenvalue weighted by molar-refractivity contribution is -0.121. The summed E-state index contributed by atoms with van der Waals surface area (Å²) in [5, 5.41) is 9.39. The maximum atomic E-state index is 12.4. The van der Waals surface area contributed by atoms with E-state index in [4.69, 9.17) is 0 Å². The van der Waals surface area contributed by atoms with Gasteiger partial charge in [0.05, 0.1) is 0 Å². The lowest BCUT2D eigenvalue weighted by Crippen LogP contribution is -2.38. The monoisotopic (exact) mass is 357 g/mol. The van der Waals surface area contributed by atoms with Crippen LogP contribution in [0.3, 0.4) is 0 Å². The van der Waals surface area contributed by atoms with E-state index in [0.29, 0.717) is 30.5 Å². The van der Waals surface area contributed by atoms with Gasteiger partial charge in [0, 0.05) is 31.1 Å². The molecule has 5 heteroatoms. The number of carbonyl (C=O) groups is 2. The molecule has 2 aliphatic rings. The predicted octanol–water partition coefficient (Wildman–Crippen LogP) is 2.72. The van der Waals surface area contributed by atoms with Crippen molar-refractivity contribution >= 4 is 11.8 Å². The van der Waals surface area contributed by atoms with Gasteiger partial charge in [0.15, 0.2) is 0 Å². The van der Waals surface area contributed by atoms with Crippen LogP contribution in [-0.4, -0.2) is 37.5 Å². The van der Waals surface area contributed by atoms with Crippen LogP contribution < -0.4 is 16.0 Å². The summed E-state index contributed by atoms with van der Waals surface area (Å²) in [4.78, 5) is 24.4. The van der Waals surface area contributed by atoms with Crippen LogP contribution in [0.25, 0.3) is 0 Å². The lowest BCUT2D eigenvalue weighted by atomic mass is 9.90. The molecule has 0 aromatic heterocycles. The van der Waals surface area contributed by atoms with Gasteiger partial charge in [-0.1, -0.05) is 31.4 Å². The van der Waals surface area contributed by atoms with Crippen molar-refractivity contribution in [3.63, 3.8) is 0 Å². The molecule has 1 saturated heterocycles. The minimum atomic E-state index is -0.0962. The molecule has 142 valence electrons. The number of hydrogen-bond donors (Lipinski definition) is 3. The maximum absolute atomic E-state index is 12.4. The largest absolute Gasteiger partial charge is 0.353 e. The van der Waals surface area contributed by atoms with Gasteiger partial charge >= 0.3 is 0 Å². The summed E-state index contributed by atoms with van der Waals surface area (Å²) >= 11 is 0. The second-order valence-corrected chi connectivity index (χ2v) is 7.58. The van der Waals surface area contributed by atoms with Crippen LogP contribution in [0.2, 0.25) is 0 Å². The van der Waals surface area contributed by atoms with Crippen LogP contribution in [-0.2, 0) is 4.79 Å². The maximum Gasteiger partial charge on any atom is 0.251 e. The fourth-order valence-corrected chi connectivity index (χ4v) is 4.01. The smallest absolute Gasteiger partial charge is 0.251 e. The Kier molecular flexibility index (Phi) is 7.06. The number of hydrogen-bond acceptors (Lipinski definition) is 3. The van der Waals surface area contributed by atoms with E-state index in [9.17, 15) is 9.59 Å². The highest BCUT2D eigenvalue weighted by molar-refractivity contribution is 5.94. The molecule has 1 aliphatic carbocycles. The highest BCUT2D eigenvalue weighted by atomic mass is 16.2. The molecule has 1 atom stereocenters. The molecule has 3 N–H and O–H groups in total. The van der Waals surface area contributed by atoms with Crippen molar-refractivity contribution in [3.8, 4) is 0 Å². The summed E-state index contributed by atoms with van der Waals surface area (Å²) in [6.07, 6.45) is 8.54. The van der Waals surface area contributed by atoms with Crippen LogP contribution in [0, 0.1) is 0 Å². The van der Waals surface area contributed by atoms with Crippen LogP contribution in [0.15, 0.2) is 24.3 Å². The summed E-state index contributed by atoms with van der Waals surface area (Å²) in [6.45, 7) is 2.44. The first-order valence-electron chi connectivity index (χ1n) is 10.1. The number of rotatable bonds is 6. The number of benzene rings is 1. The lowest BCUT2D eigenvalue weighted by Gasteiger charge is -2.23. The van der Waals surface area contributed by atoms with Crippen molar-refractivity contribution in [2.75, 3.05) is 19.6 Å². The molecule has 0 bridgehead atoms. The first kappa shape index (κ1) is 18.9. The van der Waals surface area contributed by atoms with E-state index in [0.717, 1.165) is 25.9 Å². The first-order chi connectivity index (χ1) is 12.7. The number of amides is 2. The molecule has 0 unspecified atom stereocenters. The van der Waals surface area contributed by atoms with Crippen molar-refractivity contribution in [3.05, 3.63) is 35.4 Å². The fourth-order valence-electron chi connectivity index (χ4n) is 4.01. The van der Waals surface area contributed by atoms with Crippen LogP contribution in [0.4, 0.5) is 0 Å². The summed E-state index contributed by atoms with van der Waals surface area (Å²) in [5.74, 6) is 0.429. The summed E-state index contributed by atoms with van der Waals surface area (Å²) in [5.41, 5.74) is 1.90. The molecule has 1 saturated carbocycles. The predicted molar refractivity (Wildman–Crippen MR) is 103 cm³/mol. The van der Waals surface area contributed by atoms with Crippen molar-refractivity contribution in [2.45, 2.75) is 63.3 Å². The molecule has 1 aromatic rings. The number of carbonyl (C=O) groups excluding carboxylic acids is 2. The van der Waals surface area contributed by atoms with Gasteiger partial charge in [0.1, 0.15) is 0 Å². The average molecular weight is 357 g/mol. The van der Waals surface area contributed by atoms with Gasteiger partial charge in [0.2, 0.25) is 5.91 Å². The van der Waals surface area contributed by atoms with Crippen molar-refractivity contribution in [1.29, 1.82) is 0 Å². The zero-order valence-electron chi connectivity index (χ0n) is 15.6. The molecule has 26 heavy (non-hydrogen) atoms. The summed E-state index contributed by atoms with van der Waals surface area (Å²) in [6, 6.07) is 8.22. The number of nitrogens with one attached hydrogen (secondary N) is 3. The van der Waals surface area contributed by atoms with Crippen molar-refractivity contribution in [1.82, 2.24) is 16.0 Å². The van der Waals surface area contributed by atoms with E-state index in [1.807, 2.05) is 18.2 Å². The van der Waals surface area contributed by atoms with Gasteiger partial charge in [-0.2, -0.15) is 0 Å². The normalized spacial score (nSPS) is 21.2. The molecule has 1 heterocycles. The standard InChI is InChI=1S/C21H31N3O2/c25-20(24-19-9-2-1-3-10-19)11-13-23-21(26)17-7-4-6-16(14-17)18-8-5-12-22-15-18/h4,6-7,14,18-19,22H,1-3,5,8-13,15H2,(H,23,26)(H,24,25)/t18-/m0/s1. The van der Waals surface area contributed by atoms with E-state index >= 15 is 0 Å². The van der Waals surface area contributed by atoms with E-state index in [-0.39, 0.29) is 11.8 Å². The van der Waals surface area contributed by atoms with Crippen molar-refractivity contribution < 1.29 is 9.59 Å². The minimum absolute atomic E-state index is 0.0410. The fraction of sp³-hybridized carbons (Fsp3) is 0.619. The second kappa shape index (κ2) is 9.72. The molecule has 0 spiro atoms. The Morgan fingerprint density at radius 1 is 1.08 bits per heavy atom. The molecular weight excluding hydrogens is 326 g/mol. The third kappa shape index (κ3) is 5.56. The van der Waals surface area contributed by atoms with Gasteiger partial charge in [-0.3, -0.25) is 9.59 Å². The van der Waals surface area contributed by atoms with Gasteiger partial charge in [-0.15, -0.1) is 0 Å². The molecule has 1 aromatic carbocycles. The Morgan fingerprint density at radius 2 is 1.92 bits per heavy atom. The topological polar surface area (TPSA) is 70.2 Å². The van der Waals surface area contributed by atoms with E-state index in [1.54, 1.807) is 0 Å². The van der Waals surface area contributed by atoms with Crippen molar-refractivity contribution in [2.24, 2.45) is 0 Å². The molecule has 0 radical (unpaired) electrons. The average Bonchev–Trinajstić information content (AvgIpc) is 2.69. The van der Waals surface area contributed by atoms with Crippen LogP contribution in [0.5, 0.6) is 0 Å². The Labute approximate surface area is 156 Å². The van der Waals surface area contributed by atoms with Gasteiger partial charge < -0.3 is 16.0 Å². The third-order valence-electron chi connectivity index (χ3n) is 5.52. The molecular formula is C21H31N3O2. The minimum Gasteiger partial charge on any atom is -0.353 e. The SMILES string of the molecule is O=C(CCNC(=O)c1cccc([C@H]2CCCNC2)c1)NC1CCCCC1. The zero-order chi connectivity index (χ0) is 18.2. The van der Waals surface area contributed by atoms with E-state index in [2.05, 4.69) is 22.0 Å². The zero-order valence-corrected chi connectivity index (χ0v) is 15.6. The molecule has 1 aliphatic heterocycles. The third-order valence-corrected chi connectivity index (χ3v) is 5.52. The number of piperidine rings is 1. The van der Waals surface area contributed by atoms with Gasteiger partial charge in [-0.25, -0.2) is 0 Å². The molecule has 3 rings (SSSR count). The molecule has 2 amide bonds. The highest BCUT2D eigenvalue weighted by Crippen LogP contribution is 2.23. The summed E-state index contributed by atoms with van der Waals surface area (Å²) in [7, 11) is 0. The van der Waals surface area contributed by atoms with Crippen LogP contribution >= 0.6 is 0 Å². The second-order valence-electron chi connectivity index (χ2n) is 7.58. The Bertz CT molecular complexity index is 605. The Hall–Kier alpha value is -1.88. The highest BCUT2D eigenvalue weighted by Gasteiger charge is 2.17. The Balaban J connectivity index is 1.43. The van der Waals surface area contributed by atoms with E-state index in [1.165, 1.54) is 37.7 Å². The van der Waals surface area contributed by atoms with Gasteiger partial charge in [0.25, 0.3) is 5.91 Å². The quantitative estimate of drug-likeness (QED) is 0.733. The summed E-state index contributed by atoms with van der Waals surface area (Å²) < 4.78 is 0. The van der Waals surface area contributed by atoms with Crippen LogP contribution in [0.1, 0.15) is 73.2 Å².